The summed E-state index contributed by atoms with van der Waals surface area (Å²) in [5, 5.41) is 19.0. The van der Waals surface area contributed by atoms with Crippen molar-refractivity contribution in [2.75, 3.05) is 27.3 Å². The molecule has 10 nitrogen and oxygen atoms in total. The van der Waals surface area contributed by atoms with Crippen LogP contribution >= 0.6 is 0 Å². The lowest BCUT2D eigenvalue weighted by atomic mass is 10.3. The van der Waals surface area contributed by atoms with Gasteiger partial charge in [0, 0.05) is 21.1 Å². The molecule has 0 spiro atoms. The molecule has 0 unspecified atom stereocenters. The third kappa shape index (κ3) is 4.03. The molecule has 2 aromatic heterocycles. The van der Waals surface area contributed by atoms with Crippen molar-refractivity contribution in [3.63, 3.8) is 0 Å². The smallest absolute Gasteiger partial charge is 0.282 e. The van der Waals surface area contributed by atoms with Crippen LogP contribution in [0.4, 0.5) is 5.95 Å². The van der Waals surface area contributed by atoms with Gasteiger partial charge in [-0.3, -0.25) is 13.9 Å². The Balaban J connectivity index is 2.52. The van der Waals surface area contributed by atoms with E-state index in [9.17, 15) is 15.0 Å². The SMILES string of the molecule is CC[C@H](CO)O[C@H](CO)n1cnc2c(=O)n(C)c(N=CN(C)C)nc21. The molecule has 0 aliphatic heterocycles. The lowest BCUT2D eigenvalue weighted by Crippen LogP contribution is -2.26. The number of ether oxygens (including phenoxy) is 1. The van der Waals surface area contributed by atoms with E-state index in [2.05, 4.69) is 15.0 Å². The van der Waals surface area contributed by atoms with Gasteiger partial charge in [0.2, 0.25) is 5.95 Å². The second kappa shape index (κ2) is 8.19. The van der Waals surface area contributed by atoms with E-state index in [1.165, 1.54) is 21.8 Å². The van der Waals surface area contributed by atoms with Gasteiger partial charge in [-0.05, 0) is 6.42 Å². The number of aliphatic hydroxyl groups is 2. The van der Waals surface area contributed by atoms with Gasteiger partial charge in [0.05, 0.1) is 32.0 Å². The topological polar surface area (TPSA) is 118 Å². The van der Waals surface area contributed by atoms with Gasteiger partial charge >= 0.3 is 0 Å². The highest BCUT2D eigenvalue weighted by Crippen LogP contribution is 2.19. The van der Waals surface area contributed by atoms with Crippen LogP contribution in [0.5, 0.6) is 0 Å². The summed E-state index contributed by atoms with van der Waals surface area (Å²) in [6, 6.07) is 0. The molecule has 25 heavy (non-hydrogen) atoms. The number of rotatable bonds is 8. The number of aliphatic hydroxyl groups excluding tert-OH is 2. The number of imidazole rings is 1. The molecule has 2 heterocycles. The number of nitrogens with zero attached hydrogens (tertiary/aromatic N) is 6. The monoisotopic (exact) mass is 352 g/mol. The Labute approximate surface area is 145 Å². The molecule has 0 aliphatic carbocycles. The molecule has 0 saturated heterocycles. The van der Waals surface area contributed by atoms with Crippen molar-refractivity contribution in [2.24, 2.45) is 12.0 Å². The van der Waals surface area contributed by atoms with Crippen molar-refractivity contribution in [1.29, 1.82) is 0 Å². The summed E-state index contributed by atoms with van der Waals surface area (Å²) in [6.45, 7) is 1.34. The first-order valence-corrected chi connectivity index (χ1v) is 7.94. The van der Waals surface area contributed by atoms with Crippen LogP contribution in [0.2, 0.25) is 0 Å². The molecule has 0 amide bonds. The molecular weight excluding hydrogens is 328 g/mol. The van der Waals surface area contributed by atoms with Gasteiger partial charge in [0.1, 0.15) is 0 Å². The molecule has 2 N–H and O–H groups in total. The van der Waals surface area contributed by atoms with E-state index in [0.717, 1.165) is 0 Å². The normalized spacial score (nSPS) is 14.3. The Morgan fingerprint density at radius 2 is 2.12 bits per heavy atom. The number of fused-ring (bicyclic) bond motifs is 1. The van der Waals surface area contributed by atoms with Crippen LogP contribution in [0.15, 0.2) is 16.1 Å². The quantitative estimate of drug-likeness (QED) is 0.491. The fourth-order valence-corrected chi connectivity index (χ4v) is 2.22. The molecule has 2 rings (SSSR count). The predicted molar refractivity (Wildman–Crippen MR) is 93.0 cm³/mol. The molecular formula is C15H24N6O4. The van der Waals surface area contributed by atoms with E-state index in [1.54, 1.807) is 26.0 Å². The number of hydrogen-bond acceptors (Lipinski definition) is 7. The van der Waals surface area contributed by atoms with Crippen LogP contribution < -0.4 is 5.56 Å². The van der Waals surface area contributed by atoms with Crippen molar-refractivity contribution in [1.82, 2.24) is 24.0 Å². The maximum absolute atomic E-state index is 12.5. The maximum Gasteiger partial charge on any atom is 0.282 e. The molecule has 0 fully saturated rings. The summed E-state index contributed by atoms with van der Waals surface area (Å²) in [5.74, 6) is 0.207. The zero-order valence-corrected chi connectivity index (χ0v) is 14.8. The van der Waals surface area contributed by atoms with Crippen LogP contribution in [0, 0.1) is 0 Å². The molecule has 138 valence electrons. The number of aliphatic imine (C=N–C) groups is 1. The Morgan fingerprint density at radius 3 is 2.68 bits per heavy atom. The second-order valence-corrected chi connectivity index (χ2v) is 5.79. The van der Waals surface area contributed by atoms with Gasteiger partial charge in [-0.2, -0.15) is 4.98 Å². The summed E-state index contributed by atoms with van der Waals surface area (Å²) in [6.07, 6.45) is 2.25. The van der Waals surface area contributed by atoms with Crippen molar-refractivity contribution in [3.05, 3.63) is 16.7 Å². The van der Waals surface area contributed by atoms with E-state index >= 15 is 0 Å². The van der Waals surface area contributed by atoms with E-state index in [1.807, 2.05) is 6.92 Å². The summed E-state index contributed by atoms with van der Waals surface area (Å²) in [4.78, 5) is 26.9. The molecule has 0 aliphatic rings. The zero-order valence-electron chi connectivity index (χ0n) is 14.8. The predicted octanol–water partition coefficient (Wildman–Crippen LogP) is -0.370. The lowest BCUT2D eigenvalue weighted by Gasteiger charge is -2.22. The highest BCUT2D eigenvalue weighted by molar-refractivity contribution is 5.71. The van der Waals surface area contributed by atoms with Crippen molar-refractivity contribution in [2.45, 2.75) is 25.7 Å². The summed E-state index contributed by atoms with van der Waals surface area (Å²) in [7, 11) is 5.18. The molecule has 0 saturated carbocycles. The van der Waals surface area contributed by atoms with E-state index in [0.29, 0.717) is 6.42 Å². The minimum atomic E-state index is -0.813. The van der Waals surface area contributed by atoms with Crippen LogP contribution in [-0.2, 0) is 11.8 Å². The molecule has 10 heteroatoms. The minimum Gasteiger partial charge on any atom is -0.394 e. The van der Waals surface area contributed by atoms with Crippen LogP contribution in [0.25, 0.3) is 11.2 Å². The molecule has 0 bridgehead atoms. The number of hydrogen-bond donors (Lipinski definition) is 2. The maximum atomic E-state index is 12.5. The fourth-order valence-electron chi connectivity index (χ4n) is 2.22. The highest BCUT2D eigenvalue weighted by atomic mass is 16.5. The standard InChI is InChI=1S/C15H24N6O4/c1-5-10(6-22)25-11(7-23)21-9-16-12-13(21)18-15(17-8-19(2)3)20(4)14(12)24/h8-11,22-23H,5-7H2,1-4H3/t10-,11-/m1/s1. The molecule has 2 atom stereocenters. The second-order valence-electron chi connectivity index (χ2n) is 5.79. The summed E-state index contributed by atoms with van der Waals surface area (Å²) in [5.41, 5.74) is 0.0757. The average molecular weight is 352 g/mol. The van der Waals surface area contributed by atoms with Crippen LogP contribution in [-0.4, -0.2) is 74.0 Å². The van der Waals surface area contributed by atoms with Gasteiger partial charge < -0.3 is 19.8 Å². The first kappa shape index (κ1) is 19.0. The third-order valence-electron chi connectivity index (χ3n) is 3.66. The summed E-state index contributed by atoms with van der Waals surface area (Å²) < 4.78 is 8.46. The van der Waals surface area contributed by atoms with E-state index < -0.39 is 12.3 Å². The van der Waals surface area contributed by atoms with Gasteiger partial charge in [-0.25, -0.2) is 9.98 Å². The highest BCUT2D eigenvalue weighted by Gasteiger charge is 2.21. The Kier molecular flexibility index (Phi) is 6.23. The van der Waals surface area contributed by atoms with E-state index in [-0.39, 0.29) is 35.9 Å². The first-order chi connectivity index (χ1) is 11.9. The minimum absolute atomic E-state index is 0.158. The van der Waals surface area contributed by atoms with Crippen LogP contribution in [0.1, 0.15) is 19.6 Å². The van der Waals surface area contributed by atoms with E-state index in [4.69, 9.17) is 4.74 Å². The molecule has 0 aromatic carbocycles. The third-order valence-corrected chi connectivity index (χ3v) is 3.66. The van der Waals surface area contributed by atoms with Gasteiger partial charge in [0.15, 0.2) is 17.4 Å². The first-order valence-electron chi connectivity index (χ1n) is 7.94. The zero-order chi connectivity index (χ0) is 18.6. The van der Waals surface area contributed by atoms with Crippen molar-refractivity contribution >= 4 is 23.5 Å². The fraction of sp³-hybridized carbons (Fsp3) is 0.600. The average Bonchev–Trinajstić information content (AvgIpc) is 3.01. The van der Waals surface area contributed by atoms with Gasteiger partial charge in [0.25, 0.3) is 5.56 Å². The largest absolute Gasteiger partial charge is 0.394 e. The molecule has 2 aromatic rings. The van der Waals surface area contributed by atoms with Gasteiger partial charge in [-0.15, -0.1) is 0 Å². The summed E-state index contributed by atoms with van der Waals surface area (Å²) >= 11 is 0. The van der Waals surface area contributed by atoms with Crippen LogP contribution in [0.3, 0.4) is 0 Å². The Morgan fingerprint density at radius 1 is 1.40 bits per heavy atom. The Bertz CT molecular complexity index is 793. The number of aromatic nitrogens is 4. The van der Waals surface area contributed by atoms with Gasteiger partial charge in [-0.1, -0.05) is 6.92 Å². The lowest BCUT2D eigenvalue weighted by molar-refractivity contribution is -0.0955. The Hall–Kier alpha value is -2.30. The van der Waals surface area contributed by atoms with Crippen molar-refractivity contribution < 1.29 is 14.9 Å². The van der Waals surface area contributed by atoms with Crippen molar-refractivity contribution in [3.8, 4) is 0 Å². The molecule has 0 radical (unpaired) electrons.